The number of benzene rings is 3. The van der Waals surface area contributed by atoms with Crippen LogP contribution in [-0.4, -0.2) is 89.5 Å². The van der Waals surface area contributed by atoms with Crippen molar-refractivity contribution in [2.24, 2.45) is 11.3 Å². The molecule has 4 fully saturated rings. The van der Waals surface area contributed by atoms with Gasteiger partial charge in [0.15, 0.2) is 5.75 Å². The minimum Gasteiger partial charge on any atom is -0.491 e. The highest BCUT2D eigenvalue weighted by atomic mass is 32.2. The summed E-state index contributed by atoms with van der Waals surface area (Å²) in [5.41, 5.74) is 3.39. The first-order valence-electron chi connectivity index (χ1n) is 23.9. The molecule has 68 heavy (non-hydrogen) atoms. The van der Waals surface area contributed by atoms with E-state index in [1.165, 1.54) is 61.7 Å². The molecular formula is C51H60N6O9S2. The SMILES string of the molecule is COc1nc2[nH]ccc2cc1Oc1cc(N2CCC3(CC2)CC(N2CCC[C@@H]2c2ccccc2C(C)C)C3)ccc1C(=O)NS(=O)(=O)c1cc2c(c([N+](=O)[O-])c1)S[C@@H]([C@H]1CC[C@](C)(O)CC1)CO2. The third-order valence-electron chi connectivity index (χ3n) is 15.4. The van der Waals surface area contributed by atoms with Crippen molar-refractivity contribution < 1.29 is 37.5 Å². The van der Waals surface area contributed by atoms with E-state index >= 15 is 0 Å². The normalized spacial score (nSPS) is 24.1. The molecule has 2 saturated carbocycles. The maximum Gasteiger partial charge on any atom is 0.288 e. The number of methoxy groups -OCH3 is 1. The molecule has 5 heterocycles. The summed E-state index contributed by atoms with van der Waals surface area (Å²) in [7, 11) is -3.21. The number of aliphatic hydroxyl groups is 1. The summed E-state index contributed by atoms with van der Waals surface area (Å²) in [5, 5.41) is 23.6. The van der Waals surface area contributed by atoms with E-state index in [4.69, 9.17) is 14.2 Å². The number of piperidine rings is 1. The van der Waals surface area contributed by atoms with E-state index in [0.29, 0.717) is 36.5 Å². The number of nitrogens with zero attached hydrogens (tertiary/aromatic N) is 4. The van der Waals surface area contributed by atoms with E-state index < -0.39 is 37.0 Å². The van der Waals surface area contributed by atoms with Crippen LogP contribution in [0.15, 0.2) is 82.7 Å². The summed E-state index contributed by atoms with van der Waals surface area (Å²) in [6.45, 7) is 9.38. The van der Waals surface area contributed by atoms with Gasteiger partial charge >= 0.3 is 0 Å². The number of hydrogen-bond acceptors (Lipinski definition) is 13. The Morgan fingerprint density at radius 2 is 1.78 bits per heavy atom. The van der Waals surface area contributed by atoms with Crippen LogP contribution in [0.2, 0.25) is 0 Å². The van der Waals surface area contributed by atoms with Gasteiger partial charge in [0.2, 0.25) is 0 Å². The van der Waals surface area contributed by atoms with Gasteiger partial charge in [-0.3, -0.25) is 19.8 Å². The minimum atomic E-state index is -4.68. The zero-order valence-corrected chi connectivity index (χ0v) is 40.7. The van der Waals surface area contributed by atoms with Gasteiger partial charge in [0, 0.05) is 65.9 Å². The van der Waals surface area contributed by atoms with Crippen molar-refractivity contribution in [1.82, 2.24) is 19.6 Å². The third-order valence-corrected chi connectivity index (χ3v) is 18.2. The van der Waals surface area contributed by atoms with E-state index in [9.17, 15) is 28.4 Å². The summed E-state index contributed by atoms with van der Waals surface area (Å²) in [6, 6.07) is 20.9. The summed E-state index contributed by atoms with van der Waals surface area (Å²) in [6.07, 6.45) is 11.3. The topological polar surface area (TPSA) is 189 Å². The fourth-order valence-corrected chi connectivity index (χ4v) is 13.9. The molecule has 10 rings (SSSR count). The number of likely N-dealkylation sites (tertiary alicyclic amines) is 1. The lowest BCUT2D eigenvalue weighted by Gasteiger charge is -2.56. The van der Waals surface area contributed by atoms with Crippen LogP contribution in [-0.2, 0) is 10.0 Å². The lowest BCUT2D eigenvalue weighted by atomic mass is 9.59. The van der Waals surface area contributed by atoms with Gasteiger partial charge in [-0.2, -0.15) is 4.98 Å². The Balaban J connectivity index is 0.875. The second-order valence-electron chi connectivity index (χ2n) is 20.2. The molecule has 5 aliphatic rings. The second kappa shape index (κ2) is 18.2. The van der Waals surface area contributed by atoms with Crippen molar-refractivity contribution in [3.8, 4) is 23.1 Å². The molecule has 3 N–H and O–H groups in total. The van der Waals surface area contributed by atoms with E-state index in [1.807, 2.05) is 13.0 Å². The molecule has 2 saturated heterocycles. The molecule has 2 aliphatic carbocycles. The first-order valence-corrected chi connectivity index (χ1v) is 26.3. The number of anilines is 1. The van der Waals surface area contributed by atoms with Crippen molar-refractivity contribution in [2.45, 2.75) is 124 Å². The number of nitro groups is 1. The number of thioether (sulfide) groups is 1. The fraction of sp³-hybridized carbons (Fsp3) is 0.490. The van der Waals surface area contributed by atoms with Gasteiger partial charge in [-0.25, -0.2) is 13.1 Å². The van der Waals surface area contributed by atoms with Gasteiger partial charge in [-0.05, 0) is 130 Å². The highest BCUT2D eigenvalue weighted by molar-refractivity contribution is 8.00. The molecule has 3 aliphatic heterocycles. The number of fused-ring (bicyclic) bond motifs is 2. The Morgan fingerprint density at radius 3 is 2.51 bits per heavy atom. The maximum absolute atomic E-state index is 14.2. The summed E-state index contributed by atoms with van der Waals surface area (Å²) in [5.74, 6) is 0.207. The van der Waals surface area contributed by atoms with Gasteiger partial charge in [-0.1, -0.05) is 38.1 Å². The second-order valence-corrected chi connectivity index (χ2v) is 23.1. The lowest BCUT2D eigenvalue weighted by Crippen LogP contribution is -2.54. The summed E-state index contributed by atoms with van der Waals surface area (Å²) in [4.78, 5) is 38.5. The van der Waals surface area contributed by atoms with E-state index in [1.54, 1.807) is 30.5 Å². The molecule has 15 nitrogen and oxygen atoms in total. The van der Waals surface area contributed by atoms with Crippen LogP contribution in [0.25, 0.3) is 11.0 Å². The third kappa shape index (κ3) is 9.02. The fourth-order valence-electron chi connectivity index (χ4n) is 11.5. The van der Waals surface area contributed by atoms with Gasteiger partial charge in [0.1, 0.15) is 28.6 Å². The standard InChI is InChI=1S/C51H60N6O9S2/c1-31(2)37-8-5-6-9-38(37)40-10-7-21-56(40)35-28-51(29-35)18-22-55(23-19-51)34-11-12-39(42(25-34)66-44-24-33-15-20-52-47(33)53-49(44)64-4)48(58)54-68(62,63)36-26-41(57(60)61)46-43(27-36)65-30-45(67-46)32-13-16-50(3,59)17-14-32/h5-6,8-9,11-12,15,20,24-27,31-32,35,40,45,59H,7,10,13-14,16-19,21-23,28-30H2,1-4H3,(H,52,53)(H,54,58)/t32-,40-,45-,50-/m1/s1. The predicted octanol–water partition coefficient (Wildman–Crippen LogP) is 9.89. The molecule has 5 aromatic rings. The van der Waals surface area contributed by atoms with Crippen LogP contribution < -0.4 is 23.8 Å². The lowest BCUT2D eigenvalue weighted by molar-refractivity contribution is -0.388. The van der Waals surface area contributed by atoms with Crippen LogP contribution in [0.3, 0.4) is 0 Å². The monoisotopic (exact) mass is 964 g/mol. The molecule has 3 aromatic carbocycles. The Morgan fingerprint density at radius 1 is 1.01 bits per heavy atom. The van der Waals surface area contributed by atoms with E-state index in [2.05, 4.69) is 62.6 Å². The molecule has 1 spiro atoms. The zero-order chi connectivity index (χ0) is 47.5. The van der Waals surface area contributed by atoms with Gasteiger partial charge < -0.3 is 29.2 Å². The molecular weight excluding hydrogens is 905 g/mol. The number of aromatic amines is 1. The van der Waals surface area contributed by atoms with Gasteiger partial charge in [0.25, 0.3) is 27.5 Å². The quantitative estimate of drug-likeness (QED) is 0.0792. The van der Waals surface area contributed by atoms with Crippen LogP contribution in [0.4, 0.5) is 11.4 Å². The number of H-pyrrole nitrogens is 1. The van der Waals surface area contributed by atoms with Crippen molar-refractivity contribution in [1.29, 1.82) is 0 Å². The molecule has 0 bridgehead atoms. The maximum atomic E-state index is 14.2. The van der Waals surface area contributed by atoms with Crippen molar-refractivity contribution in [3.05, 3.63) is 99.7 Å². The van der Waals surface area contributed by atoms with Crippen LogP contribution >= 0.6 is 11.8 Å². The van der Waals surface area contributed by atoms with Crippen LogP contribution in [0, 0.1) is 21.4 Å². The summed E-state index contributed by atoms with van der Waals surface area (Å²) < 4.78 is 48.4. The number of aromatic nitrogens is 2. The van der Waals surface area contributed by atoms with Crippen molar-refractivity contribution in [3.63, 3.8) is 0 Å². The first kappa shape index (κ1) is 46.4. The number of hydrogen-bond donors (Lipinski definition) is 3. The number of sulfonamides is 1. The Hall–Kier alpha value is -5.36. The molecule has 17 heteroatoms. The average molecular weight is 965 g/mol. The first-order chi connectivity index (χ1) is 32.6. The number of pyridine rings is 1. The molecule has 0 radical (unpaired) electrons. The number of carbonyl (C=O) groups is 1. The molecule has 2 aromatic heterocycles. The van der Waals surface area contributed by atoms with Crippen LogP contribution in [0.1, 0.15) is 118 Å². The van der Waals surface area contributed by atoms with Crippen molar-refractivity contribution >= 4 is 50.1 Å². The number of nitrogens with one attached hydrogen (secondary N) is 2. The number of rotatable bonds is 12. The average Bonchev–Trinajstić information content (AvgIpc) is 3.99. The molecule has 360 valence electrons. The Labute approximate surface area is 401 Å². The van der Waals surface area contributed by atoms with Gasteiger partial charge in [0.05, 0.1) is 28.1 Å². The smallest absolute Gasteiger partial charge is 0.288 e. The molecule has 1 amide bonds. The molecule has 0 unspecified atom stereocenters. The number of carbonyl (C=O) groups excluding carboxylic acids is 1. The Bertz CT molecular complexity index is 2840. The Kier molecular flexibility index (Phi) is 12.4. The minimum absolute atomic E-state index is 0.0672. The number of ether oxygens (including phenoxy) is 3. The van der Waals surface area contributed by atoms with Gasteiger partial charge in [-0.15, -0.1) is 11.8 Å². The van der Waals surface area contributed by atoms with E-state index in [0.717, 1.165) is 62.5 Å². The summed E-state index contributed by atoms with van der Waals surface area (Å²) >= 11 is 1.31. The van der Waals surface area contributed by atoms with Crippen LogP contribution in [0.5, 0.6) is 23.1 Å². The predicted molar refractivity (Wildman–Crippen MR) is 261 cm³/mol. The van der Waals surface area contributed by atoms with Crippen molar-refractivity contribution in [2.75, 3.05) is 38.3 Å². The zero-order valence-electron chi connectivity index (χ0n) is 39.0. The molecule has 2 atom stereocenters. The van der Waals surface area contributed by atoms with E-state index in [-0.39, 0.29) is 56.8 Å². The number of nitro benzene ring substituents is 1. The highest BCUT2D eigenvalue weighted by Gasteiger charge is 2.50. The highest BCUT2D eigenvalue weighted by Crippen LogP contribution is 2.55. The largest absolute Gasteiger partial charge is 0.491 e. The number of amides is 1.